The van der Waals surface area contributed by atoms with Crippen molar-refractivity contribution >= 4 is 27.7 Å². The fraction of sp³-hybridized carbons (Fsp3) is 0.333. The van der Waals surface area contributed by atoms with E-state index in [-0.39, 0.29) is 12.2 Å². The SMILES string of the molecule is CC1CC(=O)c2c(-c3ccc(Br)cc3)cn(CCC(=O)O)c2C1. The molecule has 1 heterocycles. The predicted molar refractivity (Wildman–Crippen MR) is 91.6 cm³/mol. The number of benzene rings is 1. The molecule has 0 saturated heterocycles. The number of Topliss-reactive ketones (excluding diaryl/α,β-unsaturated/α-hetero) is 1. The summed E-state index contributed by atoms with van der Waals surface area (Å²) in [4.78, 5) is 23.5. The Balaban J connectivity index is 2.09. The Bertz CT molecular complexity index is 761. The van der Waals surface area contributed by atoms with Gasteiger partial charge in [0.1, 0.15) is 0 Å². The molecule has 5 heteroatoms. The van der Waals surface area contributed by atoms with Crippen LogP contribution in [0.5, 0.6) is 0 Å². The molecule has 0 aliphatic heterocycles. The molecule has 1 aromatic carbocycles. The number of ketones is 1. The van der Waals surface area contributed by atoms with E-state index in [0.717, 1.165) is 33.3 Å². The molecule has 1 aromatic heterocycles. The Morgan fingerprint density at radius 2 is 2.00 bits per heavy atom. The molecular weight excluding hydrogens is 358 g/mol. The number of hydrogen-bond donors (Lipinski definition) is 1. The Morgan fingerprint density at radius 3 is 2.65 bits per heavy atom. The van der Waals surface area contributed by atoms with E-state index < -0.39 is 5.97 Å². The van der Waals surface area contributed by atoms with Gasteiger partial charge in [-0.1, -0.05) is 35.0 Å². The summed E-state index contributed by atoms with van der Waals surface area (Å²) in [6, 6.07) is 7.86. The van der Waals surface area contributed by atoms with Gasteiger partial charge in [0.2, 0.25) is 0 Å². The largest absolute Gasteiger partial charge is 0.481 e. The van der Waals surface area contributed by atoms with Crippen LogP contribution < -0.4 is 0 Å². The van der Waals surface area contributed by atoms with Gasteiger partial charge in [0.25, 0.3) is 0 Å². The monoisotopic (exact) mass is 375 g/mol. The van der Waals surface area contributed by atoms with Crippen molar-refractivity contribution < 1.29 is 14.7 Å². The molecule has 1 N–H and O–H groups in total. The highest BCUT2D eigenvalue weighted by Crippen LogP contribution is 2.35. The second-order valence-electron chi connectivity index (χ2n) is 6.15. The van der Waals surface area contributed by atoms with Gasteiger partial charge in [0.15, 0.2) is 5.78 Å². The highest BCUT2D eigenvalue weighted by Gasteiger charge is 2.29. The number of carbonyl (C=O) groups excluding carboxylic acids is 1. The van der Waals surface area contributed by atoms with Crippen LogP contribution in [0, 0.1) is 5.92 Å². The number of fused-ring (bicyclic) bond motifs is 1. The van der Waals surface area contributed by atoms with Gasteiger partial charge in [0, 0.05) is 40.5 Å². The lowest BCUT2D eigenvalue weighted by Gasteiger charge is -2.20. The second-order valence-corrected chi connectivity index (χ2v) is 7.06. The zero-order chi connectivity index (χ0) is 16.6. The molecule has 3 rings (SSSR count). The van der Waals surface area contributed by atoms with Gasteiger partial charge in [-0.05, 0) is 30.0 Å². The van der Waals surface area contributed by atoms with Gasteiger partial charge in [-0.15, -0.1) is 0 Å². The molecule has 0 saturated carbocycles. The average molecular weight is 376 g/mol. The molecule has 1 aliphatic carbocycles. The molecule has 1 aliphatic rings. The predicted octanol–water partition coefficient (Wildman–Crippen LogP) is 4.16. The van der Waals surface area contributed by atoms with E-state index in [1.807, 2.05) is 35.0 Å². The van der Waals surface area contributed by atoms with E-state index in [0.29, 0.717) is 18.9 Å². The van der Waals surface area contributed by atoms with Crippen LogP contribution in [-0.2, 0) is 17.8 Å². The van der Waals surface area contributed by atoms with Gasteiger partial charge in [-0.3, -0.25) is 9.59 Å². The van der Waals surface area contributed by atoms with Crippen LogP contribution in [0.1, 0.15) is 35.8 Å². The second kappa shape index (κ2) is 6.32. The molecule has 0 fully saturated rings. The van der Waals surface area contributed by atoms with Crippen molar-refractivity contribution in [3.8, 4) is 11.1 Å². The number of hydrogen-bond acceptors (Lipinski definition) is 2. The first-order chi connectivity index (χ1) is 11.0. The van der Waals surface area contributed by atoms with Gasteiger partial charge < -0.3 is 9.67 Å². The van der Waals surface area contributed by atoms with Crippen LogP contribution in [0.2, 0.25) is 0 Å². The lowest BCUT2D eigenvalue weighted by Crippen LogP contribution is -2.20. The smallest absolute Gasteiger partial charge is 0.305 e. The number of aromatic nitrogens is 1. The van der Waals surface area contributed by atoms with Crippen LogP contribution in [-0.4, -0.2) is 21.4 Å². The molecule has 4 nitrogen and oxygen atoms in total. The molecule has 1 atom stereocenters. The topological polar surface area (TPSA) is 59.3 Å². The minimum atomic E-state index is -0.826. The Labute approximate surface area is 143 Å². The minimum Gasteiger partial charge on any atom is -0.481 e. The summed E-state index contributed by atoms with van der Waals surface area (Å²) in [5.74, 6) is -0.371. The number of rotatable bonds is 4. The summed E-state index contributed by atoms with van der Waals surface area (Å²) in [5.41, 5.74) is 3.65. The van der Waals surface area contributed by atoms with E-state index in [2.05, 4.69) is 22.9 Å². The zero-order valence-corrected chi connectivity index (χ0v) is 14.5. The van der Waals surface area contributed by atoms with Crippen molar-refractivity contribution in [2.75, 3.05) is 0 Å². The first kappa shape index (κ1) is 16.0. The number of carboxylic acids is 1. The van der Waals surface area contributed by atoms with Crippen LogP contribution in [0.25, 0.3) is 11.1 Å². The van der Waals surface area contributed by atoms with Crippen molar-refractivity contribution in [3.05, 3.63) is 46.2 Å². The Morgan fingerprint density at radius 1 is 1.30 bits per heavy atom. The third-order valence-electron chi connectivity index (χ3n) is 4.27. The van der Waals surface area contributed by atoms with Crippen molar-refractivity contribution in [1.29, 1.82) is 0 Å². The third-order valence-corrected chi connectivity index (χ3v) is 4.79. The zero-order valence-electron chi connectivity index (χ0n) is 12.9. The summed E-state index contributed by atoms with van der Waals surface area (Å²) in [6.07, 6.45) is 3.37. The average Bonchev–Trinajstić information content (AvgIpc) is 2.85. The number of carboxylic acid groups (broad SMARTS) is 1. The molecule has 120 valence electrons. The van der Waals surface area contributed by atoms with Gasteiger partial charge >= 0.3 is 5.97 Å². The fourth-order valence-electron chi connectivity index (χ4n) is 3.21. The van der Waals surface area contributed by atoms with Gasteiger partial charge in [0.05, 0.1) is 6.42 Å². The van der Waals surface area contributed by atoms with Crippen molar-refractivity contribution in [2.24, 2.45) is 5.92 Å². The summed E-state index contributed by atoms with van der Waals surface area (Å²) >= 11 is 3.42. The summed E-state index contributed by atoms with van der Waals surface area (Å²) in [7, 11) is 0. The van der Waals surface area contributed by atoms with Crippen molar-refractivity contribution in [1.82, 2.24) is 4.57 Å². The lowest BCUT2D eigenvalue weighted by molar-refractivity contribution is -0.137. The number of aliphatic carboxylic acids is 1. The number of carbonyl (C=O) groups is 2. The van der Waals surface area contributed by atoms with Crippen LogP contribution >= 0.6 is 15.9 Å². The van der Waals surface area contributed by atoms with E-state index in [9.17, 15) is 9.59 Å². The normalized spacial score (nSPS) is 17.1. The molecule has 0 spiro atoms. The number of halogens is 1. The Hall–Kier alpha value is -1.88. The molecule has 0 amide bonds. The number of aryl methyl sites for hydroxylation is 1. The summed E-state index contributed by atoms with van der Waals surface area (Å²) < 4.78 is 2.94. The van der Waals surface area contributed by atoms with E-state index >= 15 is 0 Å². The van der Waals surface area contributed by atoms with Crippen LogP contribution in [0.4, 0.5) is 0 Å². The Kier molecular flexibility index (Phi) is 4.39. The summed E-state index contributed by atoms with van der Waals surface area (Å²) in [6.45, 7) is 2.46. The third kappa shape index (κ3) is 3.24. The first-order valence-corrected chi connectivity index (χ1v) is 8.48. The van der Waals surface area contributed by atoms with E-state index in [1.54, 1.807) is 0 Å². The molecule has 0 radical (unpaired) electrons. The molecule has 2 aromatic rings. The van der Waals surface area contributed by atoms with Gasteiger partial charge in [-0.2, -0.15) is 0 Å². The maximum atomic E-state index is 12.6. The number of nitrogens with zero attached hydrogens (tertiary/aromatic N) is 1. The van der Waals surface area contributed by atoms with Crippen LogP contribution in [0.3, 0.4) is 0 Å². The maximum Gasteiger partial charge on any atom is 0.305 e. The van der Waals surface area contributed by atoms with E-state index in [4.69, 9.17) is 5.11 Å². The van der Waals surface area contributed by atoms with Crippen molar-refractivity contribution in [2.45, 2.75) is 32.7 Å². The first-order valence-electron chi connectivity index (χ1n) is 7.68. The molecule has 1 unspecified atom stereocenters. The fourth-order valence-corrected chi connectivity index (χ4v) is 3.48. The van der Waals surface area contributed by atoms with Gasteiger partial charge in [-0.25, -0.2) is 0 Å². The molecular formula is C18H18BrNO3. The van der Waals surface area contributed by atoms with Crippen LogP contribution in [0.15, 0.2) is 34.9 Å². The highest BCUT2D eigenvalue weighted by molar-refractivity contribution is 9.10. The minimum absolute atomic E-state index is 0.0590. The summed E-state index contributed by atoms with van der Waals surface area (Å²) in [5, 5.41) is 8.95. The molecule has 0 bridgehead atoms. The highest BCUT2D eigenvalue weighted by atomic mass is 79.9. The quantitative estimate of drug-likeness (QED) is 0.872. The standard InChI is InChI=1S/C18H18BrNO3/c1-11-8-15-18(16(21)9-11)14(10-20(15)7-6-17(22)23)12-2-4-13(19)5-3-12/h2-5,10-11H,6-9H2,1H3,(H,22,23). The van der Waals surface area contributed by atoms with Crippen molar-refractivity contribution in [3.63, 3.8) is 0 Å². The van der Waals surface area contributed by atoms with E-state index in [1.165, 1.54) is 0 Å². The lowest BCUT2D eigenvalue weighted by atomic mass is 9.85. The maximum absolute atomic E-state index is 12.6. The molecule has 23 heavy (non-hydrogen) atoms.